The number of para-hydroxylation sites is 1. The summed E-state index contributed by atoms with van der Waals surface area (Å²) < 4.78 is 18.9. The zero-order valence-electron chi connectivity index (χ0n) is 14.6. The van der Waals surface area contributed by atoms with Crippen LogP contribution in [0.25, 0.3) is 0 Å². The average Bonchev–Trinajstić information content (AvgIpc) is 2.88. The Balaban J connectivity index is 1.63. The smallest absolute Gasteiger partial charge is 0.260 e. The summed E-state index contributed by atoms with van der Waals surface area (Å²) >= 11 is 0. The Kier molecular flexibility index (Phi) is 5.69. The summed E-state index contributed by atoms with van der Waals surface area (Å²) in [5.41, 5.74) is 2.12. The minimum atomic E-state index is -0.225. The lowest BCUT2D eigenvalue weighted by Gasteiger charge is -2.25. The van der Waals surface area contributed by atoms with Crippen molar-refractivity contribution in [2.45, 2.75) is 32.1 Å². The Morgan fingerprint density at radius 3 is 2.68 bits per heavy atom. The lowest BCUT2D eigenvalue weighted by atomic mass is 9.94. The number of likely N-dealkylation sites (tertiary alicyclic amines) is 1. The van der Waals surface area contributed by atoms with E-state index in [-0.39, 0.29) is 24.2 Å². The molecular weight excluding hydrogens is 317 g/mol. The van der Waals surface area contributed by atoms with Gasteiger partial charge in [0.15, 0.2) is 6.61 Å². The van der Waals surface area contributed by atoms with E-state index in [1.54, 1.807) is 0 Å². The minimum absolute atomic E-state index is 0.0114. The number of aryl methyl sites for hydroxylation is 1. The van der Waals surface area contributed by atoms with Gasteiger partial charge in [-0.1, -0.05) is 36.8 Å². The molecular formula is C21H24FNO2. The third-order valence-electron chi connectivity index (χ3n) is 4.81. The monoisotopic (exact) mass is 341 g/mol. The fourth-order valence-corrected chi connectivity index (χ4v) is 3.32. The van der Waals surface area contributed by atoms with E-state index in [1.165, 1.54) is 12.1 Å². The molecule has 0 aliphatic carbocycles. The first-order valence-electron chi connectivity index (χ1n) is 8.85. The Bertz CT molecular complexity index is 714. The predicted molar refractivity (Wildman–Crippen MR) is 96.2 cm³/mol. The van der Waals surface area contributed by atoms with E-state index in [1.807, 2.05) is 48.2 Å². The van der Waals surface area contributed by atoms with Crippen LogP contribution < -0.4 is 4.74 Å². The van der Waals surface area contributed by atoms with Gasteiger partial charge in [0.2, 0.25) is 0 Å². The third kappa shape index (κ3) is 4.59. The SMILES string of the molecule is Cc1ccccc1OCC(=O)N1CCCCC(c2ccc(F)cc2)C1. The van der Waals surface area contributed by atoms with Crippen molar-refractivity contribution in [3.63, 3.8) is 0 Å². The van der Waals surface area contributed by atoms with Crippen LogP contribution >= 0.6 is 0 Å². The van der Waals surface area contributed by atoms with Gasteiger partial charge < -0.3 is 9.64 Å². The van der Waals surface area contributed by atoms with Crippen LogP contribution in [0.4, 0.5) is 4.39 Å². The molecule has 1 heterocycles. The maximum Gasteiger partial charge on any atom is 0.260 e. The normalized spacial score (nSPS) is 17.8. The molecule has 1 amide bonds. The number of amides is 1. The molecule has 1 aliphatic rings. The second-order valence-corrected chi connectivity index (χ2v) is 6.64. The third-order valence-corrected chi connectivity index (χ3v) is 4.81. The summed E-state index contributed by atoms with van der Waals surface area (Å²) in [7, 11) is 0. The number of hydrogen-bond donors (Lipinski definition) is 0. The highest BCUT2D eigenvalue weighted by molar-refractivity contribution is 5.78. The van der Waals surface area contributed by atoms with Crippen molar-refractivity contribution in [3.05, 3.63) is 65.5 Å². The van der Waals surface area contributed by atoms with Crippen molar-refractivity contribution in [2.75, 3.05) is 19.7 Å². The molecule has 1 saturated heterocycles. The molecule has 3 nitrogen and oxygen atoms in total. The number of hydrogen-bond acceptors (Lipinski definition) is 2. The van der Waals surface area contributed by atoms with Gasteiger partial charge in [-0.25, -0.2) is 4.39 Å². The number of ether oxygens (including phenoxy) is 1. The summed E-state index contributed by atoms with van der Waals surface area (Å²) in [5, 5.41) is 0. The maximum atomic E-state index is 13.2. The van der Waals surface area contributed by atoms with Crippen molar-refractivity contribution in [2.24, 2.45) is 0 Å². The molecule has 0 spiro atoms. The fourth-order valence-electron chi connectivity index (χ4n) is 3.32. The van der Waals surface area contributed by atoms with Crippen molar-refractivity contribution in [1.82, 2.24) is 4.90 Å². The Morgan fingerprint density at radius 2 is 1.92 bits per heavy atom. The van der Waals surface area contributed by atoms with Crippen LogP contribution in [0.3, 0.4) is 0 Å². The second kappa shape index (κ2) is 8.15. The Morgan fingerprint density at radius 1 is 1.16 bits per heavy atom. The van der Waals surface area contributed by atoms with Crippen molar-refractivity contribution >= 4 is 5.91 Å². The molecule has 1 atom stereocenters. The summed E-state index contributed by atoms with van der Waals surface area (Å²) in [5.74, 6) is 0.792. The second-order valence-electron chi connectivity index (χ2n) is 6.64. The Hall–Kier alpha value is -2.36. The van der Waals surface area contributed by atoms with E-state index in [4.69, 9.17) is 4.74 Å². The molecule has 1 unspecified atom stereocenters. The summed E-state index contributed by atoms with van der Waals surface area (Å²) in [4.78, 5) is 14.5. The van der Waals surface area contributed by atoms with Crippen molar-refractivity contribution in [3.8, 4) is 5.75 Å². The van der Waals surface area contributed by atoms with E-state index < -0.39 is 0 Å². The van der Waals surface area contributed by atoms with E-state index in [0.29, 0.717) is 6.54 Å². The lowest BCUT2D eigenvalue weighted by Crippen LogP contribution is -2.37. The number of carbonyl (C=O) groups is 1. The molecule has 0 radical (unpaired) electrons. The first kappa shape index (κ1) is 17.5. The van der Waals surface area contributed by atoms with Gasteiger partial charge in [0, 0.05) is 19.0 Å². The molecule has 1 aliphatic heterocycles. The molecule has 0 saturated carbocycles. The van der Waals surface area contributed by atoms with Crippen LogP contribution in [0.1, 0.15) is 36.3 Å². The molecule has 2 aromatic rings. The van der Waals surface area contributed by atoms with Gasteiger partial charge in [0.1, 0.15) is 11.6 Å². The summed E-state index contributed by atoms with van der Waals surface area (Å²) in [6.45, 7) is 3.45. The maximum absolute atomic E-state index is 13.2. The number of halogens is 1. The molecule has 0 N–H and O–H groups in total. The summed E-state index contributed by atoms with van der Waals surface area (Å²) in [6, 6.07) is 14.4. The fraction of sp³-hybridized carbons (Fsp3) is 0.381. The zero-order valence-corrected chi connectivity index (χ0v) is 14.6. The van der Waals surface area contributed by atoms with Gasteiger partial charge >= 0.3 is 0 Å². The molecule has 132 valence electrons. The first-order chi connectivity index (χ1) is 12.1. The van der Waals surface area contributed by atoms with E-state index in [0.717, 1.165) is 42.7 Å². The van der Waals surface area contributed by atoms with Crippen LogP contribution in [0.5, 0.6) is 5.75 Å². The van der Waals surface area contributed by atoms with Gasteiger partial charge in [-0.3, -0.25) is 4.79 Å². The van der Waals surface area contributed by atoms with Crippen LogP contribution in [-0.2, 0) is 4.79 Å². The average molecular weight is 341 g/mol. The molecule has 0 aromatic heterocycles. The van der Waals surface area contributed by atoms with Crippen LogP contribution in [0.15, 0.2) is 48.5 Å². The molecule has 0 bridgehead atoms. The molecule has 2 aromatic carbocycles. The van der Waals surface area contributed by atoms with Gasteiger partial charge in [0.05, 0.1) is 0 Å². The first-order valence-corrected chi connectivity index (χ1v) is 8.85. The highest BCUT2D eigenvalue weighted by atomic mass is 19.1. The predicted octanol–water partition coefficient (Wildman–Crippen LogP) is 4.31. The van der Waals surface area contributed by atoms with Gasteiger partial charge in [-0.05, 0) is 49.1 Å². The molecule has 25 heavy (non-hydrogen) atoms. The summed E-state index contributed by atoms with van der Waals surface area (Å²) in [6.07, 6.45) is 3.09. The molecule has 4 heteroatoms. The van der Waals surface area contributed by atoms with Crippen LogP contribution in [-0.4, -0.2) is 30.5 Å². The number of carbonyl (C=O) groups excluding carboxylic acids is 1. The Labute approximate surface area is 148 Å². The quantitative estimate of drug-likeness (QED) is 0.829. The highest BCUT2D eigenvalue weighted by Gasteiger charge is 2.23. The topological polar surface area (TPSA) is 29.5 Å². The van der Waals surface area contributed by atoms with E-state index in [9.17, 15) is 9.18 Å². The molecule has 3 rings (SSSR count). The van der Waals surface area contributed by atoms with Crippen molar-refractivity contribution < 1.29 is 13.9 Å². The number of benzene rings is 2. The van der Waals surface area contributed by atoms with E-state index in [2.05, 4.69) is 0 Å². The number of rotatable bonds is 4. The zero-order chi connectivity index (χ0) is 17.6. The van der Waals surface area contributed by atoms with Gasteiger partial charge in [0.25, 0.3) is 5.91 Å². The number of nitrogens with zero attached hydrogens (tertiary/aromatic N) is 1. The van der Waals surface area contributed by atoms with Gasteiger partial charge in [-0.15, -0.1) is 0 Å². The minimum Gasteiger partial charge on any atom is -0.484 e. The largest absolute Gasteiger partial charge is 0.484 e. The van der Waals surface area contributed by atoms with Gasteiger partial charge in [-0.2, -0.15) is 0 Å². The standard InChI is InChI=1S/C21H24FNO2/c1-16-6-2-3-8-20(16)25-15-21(24)23-13-5-4-7-18(14-23)17-9-11-19(22)12-10-17/h2-3,6,8-12,18H,4-5,7,13-15H2,1H3. The van der Waals surface area contributed by atoms with Crippen molar-refractivity contribution in [1.29, 1.82) is 0 Å². The molecule has 1 fully saturated rings. The van der Waals surface area contributed by atoms with Crippen LogP contribution in [0.2, 0.25) is 0 Å². The van der Waals surface area contributed by atoms with E-state index >= 15 is 0 Å². The van der Waals surface area contributed by atoms with Crippen LogP contribution in [0, 0.1) is 12.7 Å². The highest BCUT2D eigenvalue weighted by Crippen LogP contribution is 2.27. The lowest BCUT2D eigenvalue weighted by molar-refractivity contribution is -0.133.